The molecule has 0 aromatic rings. The van der Waals surface area contributed by atoms with E-state index in [2.05, 4.69) is 55.4 Å². The molecular formula is C28H58. The Kier molecular flexibility index (Phi) is 17.8. The summed E-state index contributed by atoms with van der Waals surface area (Å²) in [7, 11) is 0. The zero-order chi connectivity index (χ0) is 21.4. The van der Waals surface area contributed by atoms with Crippen molar-refractivity contribution in [2.45, 2.75) is 145 Å². The van der Waals surface area contributed by atoms with Crippen LogP contribution in [-0.2, 0) is 0 Å². The zero-order valence-corrected chi connectivity index (χ0v) is 21.4. The first kappa shape index (κ1) is 28.0. The topological polar surface area (TPSA) is 0 Å². The van der Waals surface area contributed by atoms with Gasteiger partial charge in [-0.15, -0.1) is 0 Å². The maximum absolute atomic E-state index is 2.52. The van der Waals surface area contributed by atoms with E-state index in [9.17, 15) is 0 Å². The molecule has 0 spiro atoms. The fourth-order valence-electron chi connectivity index (χ4n) is 5.08. The van der Waals surface area contributed by atoms with Gasteiger partial charge in [-0.3, -0.25) is 0 Å². The molecule has 0 nitrogen and oxygen atoms in total. The average Bonchev–Trinajstić information content (AvgIpc) is 2.64. The molecule has 0 heterocycles. The van der Waals surface area contributed by atoms with E-state index in [1.54, 1.807) is 0 Å². The van der Waals surface area contributed by atoms with Crippen LogP contribution < -0.4 is 0 Å². The van der Waals surface area contributed by atoms with Gasteiger partial charge in [-0.25, -0.2) is 0 Å². The van der Waals surface area contributed by atoms with Gasteiger partial charge in [0.2, 0.25) is 0 Å². The molecule has 0 aliphatic rings. The molecule has 0 radical (unpaired) electrons. The van der Waals surface area contributed by atoms with Crippen LogP contribution in [0.25, 0.3) is 0 Å². The summed E-state index contributed by atoms with van der Waals surface area (Å²) in [6.45, 7) is 19.5. The quantitative estimate of drug-likeness (QED) is 0.191. The minimum absolute atomic E-state index is 0.861. The van der Waals surface area contributed by atoms with Gasteiger partial charge in [0.15, 0.2) is 0 Å². The molecular weight excluding hydrogens is 336 g/mol. The first-order chi connectivity index (χ1) is 13.3. The van der Waals surface area contributed by atoms with Crippen molar-refractivity contribution in [1.82, 2.24) is 0 Å². The van der Waals surface area contributed by atoms with Gasteiger partial charge in [0.05, 0.1) is 0 Å². The van der Waals surface area contributed by atoms with Crippen molar-refractivity contribution in [2.24, 2.45) is 35.5 Å². The number of hydrogen-bond donors (Lipinski definition) is 0. The monoisotopic (exact) mass is 394 g/mol. The zero-order valence-electron chi connectivity index (χ0n) is 21.4. The molecule has 0 aromatic carbocycles. The maximum Gasteiger partial charge on any atom is -0.0389 e. The number of hydrogen-bond acceptors (Lipinski definition) is 0. The van der Waals surface area contributed by atoms with Crippen LogP contribution in [0, 0.1) is 35.5 Å². The van der Waals surface area contributed by atoms with Crippen LogP contribution in [0.15, 0.2) is 0 Å². The highest BCUT2D eigenvalue weighted by Gasteiger charge is 2.17. The van der Waals surface area contributed by atoms with Gasteiger partial charge in [-0.05, 0) is 48.3 Å². The van der Waals surface area contributed by atoms with E-state index in [1.807, 2.05) is 0 Å². The summed E-state index contributed by atoms with van der Waals surface area (Å²) in [5.41, 5.74) is 0. The molecule has 0 fully saturated rings. The second-order valence-corrected chi connectivity index (χ2v) is 10.9. The van der Waals surface area contributed by atoms with Gasteiger partial charge in [0, 0.05) is 0 Å². The number of unbranched alkanes of at least 4 members (excludes halogenated alkanes) is 5. The van der Waals surface area contributed by atoms with Gasteiger partial charge in [-0.2, -0.15) is 0 Å². The Morgan fingerprint density at radius 3 is 1.54 bits per heavy atom. The Morgan fingerprint density at radius 2 is 1.00 bits per heavy atom. The van der Waals surface area contributed by atoms with Crippen LogP contribution in [-0.4, -0.2) is 0 Å². The van der Waals surface area contributed by atoms with Crippen molar-refractivity contribution in [1.29, 1.82) is 0 Å². The fourth-order valence-corrected chi connectivity index (χ4v) is 5.08. The Morgan fingerprint density at radius 1 is 0.464 bits per heavy atom. The van der Waals surface area contributed by atoms with Crippen LogP contribution in [0.1, 0.15) is 145 Å². The SMILES string of the molecule is CCCCCCCC(CC(C)CCCCC(C)CC(C)C(C)CCC)C(C)C. The van der Waals surface area contributed by atoms with Gasteiger partial charge in [-0.1, -0.05) is 132 Å². The lowest BCUT2D eigenvalue weighted by atomic mass is 9.81. The summed E-state index contributed by atoms with van der Waals surface area (Å²) in [4.78, 5) is 0. The molecule has 28 heavy (non-hydrogen) atoms. The Hall–Kier alpha value is 0. The summed E-state index contributed by atoms with van der Waals surface area (Å²) < 4.78 is 0. The van der Waals surface area contributed by atoms with E-state index < -0.39 is 0 Å². The van der Waals surface area contributed by atoms with E-state index in [-0.39, 0.29) is 0 Å². The molecule has 170 valence electrons. The summed E-state index contributed by atoms with van der Waals surface area (Å²) in [5, 5.41) is 0. The second-order valence-electron chi connectivity index (χ2n) is 10.9. The molecule has 0 saturated carbocycles. The standard InChI is InChI=1S/C28H58/c1-9-11-12-13-14-20-28(23(3)4)22-25(6)19-16-15-18-24(5)21-27(8)26(7)17-10-2/h23-28H,9-22H2,1-8H3. The highest BCUT2D eigenvalue weighted by molar-refractivity contribution is 4.69. The van der Waals surface area contributed by atoms with Crippen LogP contribution in [0.3, 0.4) is 0 Å². The molecule has 0 bridgehead atoms. The van der Waals surface area contributed by atoms with Crippen LogP contribution in [0.2, 0.25) is 0 Å². The maximum atomic E-state index is 2.52. The Labute approximate surface area is 181 Å². The third kappa shape index (κ3) is 14.9. The van der Waals surface area contributed by atoms with E-state index in [4.69, 9.17) is 0 Å². The van der Waals surface area contributed by atoms with Crippen molar-refractivity contribution >= 4 is 0 Å². The molecule has 0 aliphatic carbocycles. The second kappa shape index (κ2) is 17.8. The normalized spacial score (nSPS) is 17.5. The van der Waals surface area contributed by atoms with Gasteiger partial charge in [0.25, 0.3) is 0 Å². The highest BCUT2D eigenvalue weighted by atomic mass is 14.2. The van der Waals surface area contributed by atoms with Crippen molar-refractivity contribution in [3.63, 3.8) is 0 Å². The minimum atomic E-state index is 0.861. The molecule has 0 aliphatic heterocycles. The molecule has 5 unspecified atom stereocenters. The summed E-state index contributed by atoms with van der Waals surface area (Å²) >= 11 is 0. The summed E-state index contributed by atoms with van der Waals surface area (Å²) in [6.07, 6.45) is 20.1. The first-order valence-electron chi connectivity index (χ1n) is 13.3. The molecule has 0 aromatic heterocycles. The predicted molar refractivity (Wildman–Crippen MR) is 131 cm³/mol. The van der Waals surface area contributed by atoms with Crippen LogP contribution in [0.4, 0.5) is 0 Å². The van der Waals surface area contributed by atoms with E-state index in [0.717, 1.165) is 35.5 Å². The van der Waals surface area contributed by atoms with Crippen molar-refractivity contribution in [2.75, 3.05) is 0 Å². The third-order valence-corrected chi connectivity index (χ3v) is 7.46. The third-order valence-electron chi connectivity index (χ3n) is 7.46. The molecule has 0 heteroatoms. The Bertz CT molecular complexity index is 318. The molecule has 0 saturated heterocycles. The van der Waals surface area contributed by atoms with E-state index in [0.29, 0.717) is 0 Å². The van der Waals surface area contributed by atoms with Gasteiger partial charge >= 0.3 is 0 Å². The summed E-state index contributed by atoms with van der Waals surface area (Å²) in [5.74, 6) is 5.45. The largest absolute Gasteiger partial charge is 0.0654 e. The van der Waals surface area contributed by atoms with Crippen molar-refractivity contribution in [3.05, 3.63) is 0 Å². The molecule has 5 atom stereocenters. The average molecular weight is 395 g/mol. The molecule has 0 rings (SSSR count). The molecule has 0 amide bonds. The summed E-state index contributed by atoms with van der Waals surface area (Å²) in [6, 6.07) is 0. The lowest BCUT2D eigenvalue weighted by molar-refractivity contribution is 0.265. The lowest BCUT2D eigenvalue weighted by Gasteiger charge is -2.25. The highest BCUT2D eigenvalue weighted by Crippen LogP contribution is 2.30. The molecule has 0 N–H and O–H groups in total. The van der Waals surface area contributed by atoms with Gasteiger partial charge in [0.1, 0.15) is 0 Å². The fraction of sp³-hybridized carbons (Fsp3) is 1.00. The smallest absolute Gasteiger partial charge is 0.0389 e. The van der Waals surface area contributed by atoms with Crippen molar-refractivity contribution in [3.8, 4) is 0 Å². The first-order valence-corrected chi connectivity index (χ1v) is 13.3. The predicted octanol–water partition coefficient (Wildman–Crippen LogP) is 10.3. The van der Waals surface area contributed by atoms with E-state index >= 15 is 0 Å². The lowest BCUT2D eigenvalue weighted by Crippen LogP contribution is -2.13. The Balaban J connectivity index is 3.94. The van der Waals surface area contributed by atoms with Crippen LogP contribution >= 0.6 is 0 Å². The van der Waals surface area contributed by atoms with E-state index in [1.165, 1.54) is 89.9 Å². The van der Waals surface area contributed by atoms with Crippen LogP contribution in [0.5, 0.6) is 0 Å². The minimum Gasteiger partial charge on any atom is -0.0654 e. The van der Waals surface area contributed by atoms with Gasteiger partial charge < -0.3 is 0 Å². The van der Waals surface area contributed by atoms with Crippen molar-refractivity contribution < 1.29 is 0 Å². The number of rotatable bonds is 19.